The molecule has 0 N–H and O–H groups in total. The molecule has 0 bridgehead atoms. The van der Waals surface area contributed by atoms with Gasteiger partial charge in [0, 0.05) is 6.21 Å². The van der Waals surface area contributed by atoms with E-state index in [0.29, 0.717) is 5.56 Å². The molecule has 3 rings (SSSR count). The van der Waals surface area contributed by atoms with Crippen LogP contribution in [0.3, 0.4) is 0 Å². The van der Waals surface area contributed by atoms with Gasteiger partial charge in [-0.05, 0) is 97.9 Å². The minimum atomic E-state index is -0.386. The van der Waals surface area contributed by atoms with Gasteiger partial charge in [0.25, 0.3) is 0 Å². The maximum atomic E-state index is 11.2. The van der Waals surface area contributed by atoms with E-state index in [9.17, 15) is 10.2 Å². The van der Waals surface area contributed by atoms with Crippen molar-refractivity contribution in [3.8, 4) is 11.5 Å². The topological polar surface area (TPSA) is 70.8 Å². The zero-order valence-corrected chi connectivity index (χ0v) is 30.4. The van der Waals surface area contributed by atoms with Crippen molar-refractivity contribution in [1.29, 1.82) is 0 Å². The van der Waals surface area contributed by atoms with E-state index in [1.807, 2.05) is 6.21 Å². The minimum absolute atomic E-state index is 0. The quantitative estimate of drug-likeness (QED) is 0.0768. The number of rotatable bonds is 18. The maximum Gasteiger partial charge on any atom is 2.00 e. The minimum Gasteiger partial charge on any atom is -0.873 e. The predicted molar refractivity (Wildman–Crippen MR) is 192 cm³/mol. The Balaban J connectivity index is 0.000000683. The van der Waals surface area contributed by atoms with E-state index in [-0.39, 0.29) is 28.0 Å². The predicted octanol–water partition coefficient (Wildman–Crippen LogP) is 10.7. The summed E-state index contributed by atoms with van der Waals surface area (Å²) in [4.78, 5) is 9.94. The third-order valence-corrected chi connectivity index (χ3v) is 7.99. The first-order valence-electron chi connectivity index (χ1n) is 17.7. The third kappa shape index (κ3) is 14.7. The molecule has 0 radical (unpaired) electrons. The van der Waals surface area contributed by atoms with Crippen molar-refractivity contribution in [1.82, 2.24) is 0 Å². The van der Waals surface area contributed by atoms with Crippen LogP contribution in [-0.4, -0.2) is 11.9 Å². The number of unbranched alkanes of at least 4 members (excludes halogenated alkanes) is 3. The number of aryl methyl sites for hydroxylation is 5. The zero-order valence-electron chi connectivity index (χ0n) is 29.4. The molecule has 0 unspecified atom stereocenters. The van der Waals surface area contributed by atoms with Gasteiger partial charge in [0.15, 0.2) is 0 Å². The van der Waals surface area contributed by atoms with Crippen LogP contribution >= 0.6 is 0 Å². The van der Waals surface area contributed by atoms with Gasteiger partial charge in [-0.2, -0.15) is 0 Å². The summed E-state index contributed by atoms with van der Waals surface area (Å²) in [5, 5.41) is 22.1. The van der Waals surface area contributed by atoms with Crippen LogP contribution in [0.15, 0.2) is 64.6 Å². The van der Waals surface area contributed by atoms with Gasteiger partial charge < -0.3 is 10.2 Å². The number of para-hydroxylation sites is 1. The summed E-state index contributed by atoms with van der Waals surface area (Å²) >= 11 is 0. The summed E-state index contributed by atoms with van der Waals surface area (Å²) in [7, 11) is 0. The Bertz CT molecular complexity index is 1330. The first kappa shape index (κ1) is 41.1. The van der Waals surface area contributed by atoms with Crippen molar-refractivity contribution in [3.63, 3.8) is 0 Å². The van der Waals surface area contributed by atoms with Crippen LogP contribution in [-0.2, 0) is 48.6 Å². The van der Waals surface area contributed by atoms with Gasteiger partial charge in [0.2, 0.25) is 0 Å². The molecule has 0 heterocycles. The van der Waals surface area contributed by atoms with Crippen LogP contribution < -0.4 is 10.2 Å². The number of hydrogen-bond donors (Lipinski definition) is 0. The summed E-state index contributed by atoms with van der Waals surface area (Å²) < 4.78 is 0. The van der Waals surface area contributed by atoms with Gasteiger partial charge in [-0.3, -0.25) is 9.98 Å². The molecule has 4 nitrogen and oxygen atoms in total. The van der Waals surface area contributed by atoms with Gasteiger partial charge in [-0.1, -0.05) is 122 Å². The van der Waals surface area contributed by atoms with Gasteiger partial charge in [-0.15, -0.1) is 11.5 Å². The second-order valence-corrected chi connectivity index (χ2v) is 12.1. The first-order chi connectivity index (χ1) is 21.9. The summed E-state index contributed by atoms with van der Waals surface area (Å²) in [6.07, 6.45) is 18.6. The molecule has 0 saturated carbocycles. The summed E-state index contributed by atoms with van der Waals surface area (Å²) in [6.45, 7) is 13.3. The SMILES string of the molecule is CCCCCC(C=Nc1ccc(CCC)c(CCC)c1)=Nc1ccc(CCC)c(CCC)c1.CCCCc1cccc([O-])c1[O-].[Ni+2]. The van der Waals surface area contributed by atoms with Gasteiger partial charge in [0.05, 0.1) is 17.1 Å². The zero-order chi connectivity index (χ0) is 32.9. The summed E-state index contributed by atoms with van der Waals surface area (Å²) in [5.41, 5.74) is 9.73. The number of nitrogens with zero attached hydrogens (tertiary/aromatic N) is 2. The van der Waals surface area contributed by atoms with Crippen molar-refractivity contribution in [2.24, 2.45) is 9.98 Å². The molecular formula is C41H58N2NiO2. The average molecular weight is 670 g/mol. The fourth-order valence-electron chi connectivity index (χ4n) is 5.55. The molecular weight excluding hydrogens is 611 g/mol. The monoisotopic (exact) mass is 668 g/mol. The van der Waals surface area contributed by atoms with Crippen LogP contribution in [0.1, 0.15) is 134 Å². The molecule has 254 valence electrons. The Morgan fingerprint density at radius 2 is 1.11 bits per heavy atom. The fraction of sp³-hybridized carbons (Fsp3) is 0.512. The standard InChI is InChI=1S/C31H46N2.C10H14O2.Ni/c1-6-11-12-17-31(33-30-21-19-26(14-8-3)28(23-30)16-10-5)24-32-29-20-18-25(13-7-2)27(22-29)15-9-4;1-2-3-5-8-6-4-7-9(11)10(8)12;/h18-24H,6-17H2,1-5H3;4,6-7,11-12H,2-3,5H2,1H3;/q;;+2/p-2. The summed E-state index contributed by atoms with van der Waals surface area (Å²) in [6, 6.07) is 18.2. The van der Waals surface area contributed by atoms with Crippen molar-refractivity contribution < 1.29 is 26.7 Å². The molecule has 46 heavy (non-hydrogen) atoms. The van der Waals surface area contributed by atoms with E-state index in [1.165, 1.54) is 66.8 Å². The van der Waals surface area contributed by atoms with Crippen molar-refractivity contribution >= 4 is 23.3 Å². The largest absolute Gasteiger partial charge is 2.00 e. The molecule has 0 fully saturated rings. The van der Waals surface area contributed by atoms with E-state index < -0.39 is 0 Å². The number of aliphatic imine (C=N–C) groups is 2. The number of benzene rings is 3. The van der Waals surface area contributed by atoms with E-state index >= 15 is 0 Å². The summed E-state index contributed by atoms with van der Waals surface area (Å²) in [5.74, 6) is -0.713. The molecule has 0 aromatic heterocycles. The fourth-order valence-corrected chi connectivity index (χ4v) is 5.55. The molecule has 0 aliphatic rings. The van der Waals surface area contributed by atoms with E-state index in [0.717, 1.165) is 74.9 Å². The normalized spacial score (nSPS) is 11.3. The van der Waals surface area contributed by atoms with Crippen LogP contribution in [0.2, 0.25) is 0 Å². The Labute approximate surface area is 290 Å². The van der Waals surface area contributed by atoms with Crippen molar-refractivity contribution in [3.05, 3.63) is 82.4 Å². The second kappa shape index (κ2) is 24.3. The van der Waals surface area contributed by atoms with Gasteiger partial charge in [-0.25, -0.2) is 0 Å². The van der Waals surface area contributed by atoms with Gasteiger partial charge in [0.1, 0.15) is 0 Å². The third-order valence-electron chi connectivity index (χ3n) is 7.99. The van der Waals surface area contributed by atoms with E-state index in [2.05, 4.69) is 77.9 Å². The molecule has 3 aromatic carbocycles. The average Bonchev–Trinajstić information content (AvgIpc) is 3.03. The van der Waals surface area contributed by atoms with Crippen LogP contribution in [0.25, 0.3) is 0 Å². The Morgan fingerprint density at radius 1 is 0.565 bits per heavy atom. The molecule has 0 aliphatic carbocycles. The molecule has 0 amide bonds. The molecule has 3 aromatic rings. The second-order valence-electron chi connectivity index (χ2n) is 12.1. The van der Waals surface area contributed by atoms with Crippen molar-refractivity contribution in [2.75, 3.05) is 0 Å². The Morgan fingerprint density at radius 3 is 1.67 bits per heavy atom. The Kier molecular flexibility index (Phi) is 21.7. The first-order valence-corrected chi connectivity index (χ1v) is 17.7. The van der Waals surface area contributed by atoms with E-state index in [1.54, 1.807) is 12.1 Å². The maximum absolute atomic E-state index is 11.2. The molecule has 5 heteroatoms. The van der Waals surface area contributed by atoms with Gasteiger partial charge >= 0.3 is 16.5 Å². The van der Waals surface area contributed by atoms with Crippen molar-refractivity contribution in [2.45, 2.75) is 138 Å². The molecule has 0 aliphatic heterocycles. The molecule has 0 atom stereocenters. The molecule has 0 saturated heterocycles. The Hall–Kier alpha value is -2.91. The molecule has 0 spiro atoms. The number of hydrogen-bond acceptors (Lipinski definition) is 4. The van der Waals surface area contributed by atoms with Crippen LogP contribution in [0, 0.1) is 0 Å². The smallest absolute Gasteiger partial charge is 0.873 e. The van der Waals surface area contributed by atoms with Crippen LogP contribution in [0.5, 0.6) is 11.5 Å². The van der Waals surface area contributed by atoms with E-state index in [4.69, 9.17) is 9.98 Å². The van der Waals surface area contributed by atoms with Crippen LogP contribution in [0.4, 0.5) is 11.4 Å².